The van der Waals surface area contributed by atoms with Gasteiger partial charge in [0.2, 0.25) is 0 Å². The summed E-state index contributed by atoms with van der Waals surface area (Å²) in [6, 6.07) is 4.80. The fourth-order valence-corrected chi connectivity index (χ4v) is 1.46. The van der Waals surface area contributed by atoms with Crippen molar-refractivity contribution in [1.82, 2.24) is 14.8 Å². The number of halogens is 2. The first-order chi connectivity index (χ1) is 6.66. The molecule has 0 saturated carbocycles. The average molecular weight is 256 g/mol. The molecule has 2 rings (SSSR count). The van der Waals surface area contributed by atoms with Gasteiger partial charge in [-0.25, -0.2) is 14.1 Å². The molecule has 0 fully saturated rings. The van der Waals surface area contributed by atoms with Crippen LogP contribution in [-0.4, -0.2) is 14.8 Å². The molecule has 0 aliphatic carbocycles. The van der Waals surface area contributed by atoms with Gasteiger partial charge in [0, 0.05) is 4.47 Å². The van der Waals surface area contributed by atoms with Crippen LogP contribution in [0.1, 0.15) is 5.82 Å². The Hall–Kier alpha value is -1.23. The number of nitrogens with zero attached hydrogens (tertiary/aromatic N) is 3. The van der Waals surface area contributed by atoms with Gasteiger partial charge in [0.1, 0.15) is 23.7 Å². The number of hydrogen-bond donors (Lipinski definition) is 0. The van der Waals surface area contributed by atoms with Gasteiger partial charge < -0.3 is 0 Å². The largest absolute Gasteiger partial charge is 0.220 e. The van der Waals surface area contributed by atoms with Crippen molar-refractivity contribution >= 4 is 15.9 Å². The molecule has 0 aliphatic rings. The van der Waals surface area contributed by atoms with E-state index in [1.54, 1.807) is 19.1 Å². The Kier molecular flexibility index (Phi) is 2.33. The summed E-state index contributed by atoms with van der Waals surface area (Å²) < 4.78 is 15.5. The van der Waals surface area contributed by atoms with Gasteiger partial charge in [-0.15, -0.1) is 0 Å². The van der Waals surface area contributed by atoms with E-state index < -0.39 is 0 Å². The van der Waals surface area contributed by atoms with Crippen LogP contribution in [0.3, 0.4) is 0 Å². The Morgan fingerprint density at radius 1 is 1.43 bits per heavy atom. The Bertz CT molecular complexity index is 467. The molecule has 1 heterocycles. The monoisotopic (exact) mass is 255 g/mol. The highest BCUT2D eigenvalue weighted by molar-refractivity contribution is 9.10. The third-order valence-corrected chi connectivity index (χ3v) is 2.26. The Balaban J connectivity index is 2.52. The maximum absolute atomic E-state index is 13.4. The topological polar surface area (TPSA) is 30.7 Å². The van der Waals surface area contributed by atoms with Crippen molar-refractivity contribution in [3.8, 4) is 5.69 Å². The van der Waals surface area contributed by atoms with E-state index in [9.17, 15) is 4.39 Å². The van der Waals surface area contributed by atoms with Crippen molar-refractivity contribution in [3.63, 3.8) is 0 Å². The fraction of sp³-hybridized carbons (Fsp3) is 0.111. The lowest BCUT2D eigenvalue weighted by Crippen LogP contribution is -1.98. The van der Waals surface area contributed by atoms with Gasteiger partial charge in [-0.3, -0.25) is 0 Å². The van der Waals surface area contributed by atoms with Gasteiger partial charge in [-0.2, -0.15) is 5.10 Å². The van der Waals surface area contributed by atoms with Crippen molar-refractivity contribution in [2.75, 3.05) is 0 Å². The van der Waals surface area contributed by atoms with Crippen molar-refractivity contribution in [1.29, 1.82) is 0 Å². The normalized spacial score (nSPS) is 10.5. The average Bonchev–Trinajstić information content (AvgIpc) is 2.51. The first kappa shape index (κ1) is 9.33. The van der Waals surface area contributed by atoms with Crippen molar-refractivity contribution in [3.05, 3.63) is 40.6 Å². The quantitative estimate of drug-likeness (QED) is 0.784. The van der Waals surface area contributed by atoms with E-state index in [1.807, 2.05) is 0 Å². The van der Waals surface area contributed by atoms with Crippen molar-refractivity contribution in [2.24, 2.45) is 0 Å². The molecule has 0 amide bonds. The highest BCUT2D eigenvalue weighted by Crippen LogP contribution is 2.17. The molecule has 0 atom stereocenters. The molecule has 5 heteroatoms. The summed E-state index contributed by atoms with van der Waals surface area (Å²) in [7, 11) is 0. The number of aryl methyl sites for hydroxylation is 1. The minimum Gasteiger partial charge on any atom is -0.220 e. The summed E-state index contributed by atoms with van der Waals surface area (Å²) in [5, 5.41) is 4.02. The molecule has 0 N–H and O–H groups in total. The summed E-state index contributed by atoms with van der Waals surface area (Å²) in [5.74, 6) is 0.289. The fourth-order valence-electron chi connectivity index (χ4n) is 1.13. The van der Waals surface area contributed by atoms with Crippen LogP contribution in [0.25, 0.3) is 5.69 Å². The van der Waals surface area contributed by atoms with Crippen LogP contribution in [0, 0.1) is 12.7 Å². The molecule has 0 radical (unpaired) electrons. The molecular formula is C9H7BrFN3. The molecule has 3 nitrogen and oxygen atoms in total. The van der Waals surface area contributed by atoms with Gasteiger partial charge >= 0.3 is 0 Å². The molecule has 1 aromatic carbocycles. The van der Waals surface area contributed by atoms with Crippen LogP contribution >= 0.6 is 15.9 Å². The summed E-state index contributed by atoms with van der Waals surface area (Å²) in [5.41, 5.74) is 0.397. The van der Waals surface area contributed by atoms with Gasteiger partial charge in [-0.05, 0) is 25.1 Å². The van der Waals surface area contributed by atoms with E-state index in [2.05, 4.69) is 26.0 Å². The van der Waals surface area contributed by atoms with E-state index in [1.165, 1.54) is 17.1 Å². The third-order valence-electron chi connectivity index (χ3n) is 1.76. The van der Waals surface area contributed by atoms with Crippen LogP contribution in [-0.2, 0) is 0 Å². The second-order valence-electron chi connectivity index (χ2n) is 2.83. The predicted molar refractivity (Wildman–Crippen MR) is 53.8 cm³/mol. The van der Waals surface area contributed by atoms with Gasteiger partial charge in [0.05, 0.1) is 0 Å². The molecular weight excluding hydrogens is 249 g/mol. The van der Waals surface area contributed by atoms with Crippen LogP contribution < -0.4 is 0 Å². The van der Waals surface area contributed by atoms with Gasteiger partial charge in [-0.1, -0.05) is 15.9 Å². The molecule has 72 valence electrons. The first-order valence-corrected chi connectivity index (χ1v) is 4.80. The second-order valence-corrected chi connectivity index (χ2v) is 3.75. The Morgan fingerprint density at radius 3 is 2.79 bits per heavy atom. The van der Waals surface area contributed by atoms with Crippen LogP contribution in [0.2, 0.25) is 0 Å². The third kappa shape index (κ3) is 1.68. The molecule has 0 bridgehead atoms. The van der Waals surface area contributed by atoms with Gasteiger partial charge in [0.15, 0.2) is 0 Å². The highest BCUT2D eigenvalue weighted by atomic mass is 79.9. The lowest BCUT2D eigenvalue weighted by Gasteiger charge is -2.01. The second kappa shape index (κ2) is 3.49. The zero-order valence-corrected chi connectivity index (χ0v) is 8.99. The SMILES string of the molecule is Cc1ncn(-c2ccc(Br)cc2F)n1. The molecule has 1 aromatic heterocycles. The van der Waals surface area contributed by atoms with E-state index in [-0.39, 0.29) is 5.82 Å². The number of hydrogen-bond acceptors (Lipinski definition) is 2. The van der Waals surface area contributed by atoms with Crippen LogP contribution in [0.5, 0.6) is 0 Å². The lowest BCUT2D eigenvalue weighted by molar-refractivity contribution is 0.609. The first-order valence-electron chi connectivity index (χ1n) is 4.00. The smallest absolute Gasteiger partial charge is 0.150 e. The molecule has 0 aliphatic heterocycles. The molecule has 0 saturated heterocycles. The predicted octanol–water partition coefficient (Wildman–Crippen LogP) is 2.48. The van der Waals surface area contributed by atoms with Crippen molar-refractivity contribution in [2.45, 2.75) is 6.92 Å². The van der Waals surface area contributed by atoms with Gasteiger partial charge in [0.25, 0.3) is 0 Å². The molecule has 0 unspecified atom stereocenters. The molecule has 0 spiro atoms. The summed E-state index contributed by atoms with van der Waals surface area (Å²) in [6.07, 6.45) is 1.49. The Labute approximate surface area is 88.7 Å². The maximum atomic E-state index is 13.4. The minimum atomic E-state index is -0.329. The summed E-state index contributed by atoms with van der Waals surface area (Å²) in [4.78, 5) is 3.93. The Morgan fingerprint density at radius 2 is 2.21 bits per heavy atom. The number of rotatable bonds is 1. The minimum absolute atomic E-state index is 0.329. The van der Waals surface area contributed by atoms with E-state index in [0.717, 1.165) is 0 Å². The number of aromatic nitrogens is 3. The zero-order chi connectivity index (χ0) is 10.1. The molecule has 14 heavy (non-hydrogen) atoms. The standard InChI is InChI=1S/C9H7BrFN3/c1-6-12-5-14(13-6)9-3-2-7(10)4-8(9)11/h2-5H,1H3. The van der Waals surface area contributed by atoms with Crippen molar-refractivity contribution < 1.29 is 4.39 Å². The summed E-state index contributed by atoms with van der Waals surface area (Å²) in [6.45, 7) is 1.76. The lowest BCUT2D eigenvalue weighted by atomic mass is 10.3. The molecule has 2 aromatic rings. The van der Waals surface area contributed by atoms with Crippen LogP contribution in [0.15, 0.2) is 29.0 Å². The highest BCUT2D eigenvalue weighted by Gasteiger charge is 2.05. The maximum Gasteiger partial charge on any atom is 0.150 e. The van der Waals surface area contributed by atoms with E-state index in [4.69, 9.17) is 0 Å². The zero-order valence-electron chi connectivity index (χ0n) is 7.41. The van der Waals surface area contributed by atoms with E-state index in [0.29, 0.717) is 16.0 Å². The van der Waals surface area contributed by atoms with Crippen LogP contribution in [0.4, 0.5) is 4.39 Å². The van der Waals surface area contributed by atoms with E-state index >= 15 is 0 Å². The number of benzene rings is 1. The summed E-state index contributed by atoms with van der Waals surface area (Å²) >= 11 is 3.19.